The maximum atomic E-state index is 11.6. The Morgan fingerprint density at radius 3 is 2.53 bits per heavy atom. The summed E-state index contributed by atoms with van der Waals surface area (Å²) >= 11 is 0. The molecule has 0 saturated heterocycles. The van der Waals surface area contributed by atoms with Gasteiger partial charge in [0.15, 0.2) is 0 Å². The van der Waals surface area contributed by atoms with Crippen LogP contribution in [-0.2, 0) is 4.79 Å². The van der Waals surface area contributed by atoms with E-state index in [1.807, 2.05) is 6.92 Å². The normalized spacial score (nSPS) is 11.3. The third kappa shape index (κ3) is 5.72. The van der Waals surface area contributed by atoms with E-state index in [-0.39, 0.29) is 24.4 Å². The van der Waals surface area contributed by atoms with Crippen LogP contribution in [0.15, 0.2) is 18.2 Å². The number of carbonyl (C=O) groups excluding carboxylic acids is 2. The summed E-state index contributed by atoms with van der Waals surface area (Å²) in [6.07, 6.45) is 0.984. The molecule has 0 saturated carbocycles. The monoisotopic (exact) mass is 285 g/mol. The van der Waals surface area contributed by atoms with Crippen LogP contribution < -0.4 is 16.8 Å². The van der Waals surface area contributed by atoms with E-state index >= 15 is 0 Å². The summed E-state index contributed by atoms with van der Waals surface area (Å²) in [5, 5.41) is 2.72. The number of amides is 2. The molecule has 1 atom stereocenters. The van der Waals surface area contributed by atoms with Gasteiger partial charge in [-0.05, 0) is 38.0 Å². The van der Waals surface area contributed by atoms with Gasteiger partial charge in [0.2, 0.25) is 11.8 Å². The molecule has 1 rings (SSSR count). The van der Waals surface area contributed by atoms with Crippen molar-refractivity contribution in [2.24, 2.45) is 11.5 Å². The van der Waals surface area contributed by atoms with Gasteiger partial charge in [0.05, 0.1) is 0 Å². The molecule has 1 unspecified atom stereocenters. The highest BCUT2D eigenvalue weighted by Crippen LogP contribution is 2.15. The standard InChI is InChI=1S/C13H19N3O2.ClH/c1-8-3-5-10(7-11(8)13(15)18)16-12(17)6-4-9(2)14;/h3,5,7,9H,4,6,14H2,1-2H3,(H2,15,18)(H,16,17);1H. The minimum atomic E-state index is -0.501. The van der Waals surface area contributed by atoms with E-state index in [2.05, 4.69) is 5.32 Å². The van der Waals surface area contributed by atoms with Gasteiger partial charge in [0, 0.05) is 23.7 Å². The molecule has 0 heterocycles. The number of rotatable bonds is 5. The van der Waals surface area contributed by atoms with Crippen LogP contribution in [0.1, 0.15) is 35.7 Å². The van der Waals surface area contributed by atoms with Gasteiger partial charge in [0.1, 0.15) is 0 Å². The highest BCUT2D eigenvalue weighted by Gasteiger charge is 2.08. The summed E-state index contributed by atoms with van der Waals surface area (Å²) in [5.41, 5.74) is 12.6. The van der Waals surface area contributed by atoms with E-state index < -0.39 is 5.91 Å². The van der Waals surface area contributed by atoms with Crippen LogP contribution in [-0.4, -0.2) is 17.9 Å². The number of primary amides is 1. The Labute approximate surface area is 119 Å². The zero-order valence-electron chi connectivity index (χ0n) is 11.1. The van der Waals surface area contributed by atoms with Crippen molar-refractivity contribution in [2.45, 2.75) is 32.7 Å². The smallest absolute Gasteiger partial charge is 0.249 e. The molecule has 6 heteroatoms. The Morgan fingerprint density at radius 2 is 2.00 bits per heavy atom. The van der Waals surface area contributed by atoms with Crippen molar-refractivity contribution in [1.82, 2.24) is 0 Å². The second kappa shape index (κ2) is 7.76. The highest BCUT2D eigenvalue weighted by atomic mass is 35.5. The van der Waals surface area contributed by atoms with E-state index in [1.54, 1.807) is 25.1 Å². The first-order chi connectivity index (χ1) is 8.40. The molecule has 2 amide bonds. The number of halogens is 1. The molecule has 5 N–H and O–H groups in total. The van der Waals surface area contributed by atoms with Crippen LogP contribution in [0.3, 0.4) is 0 Å². The lowest BCUT2D eigenvalue weighted by Crippen LogP contribution is -2.20. The molecule has 5 nitrogen and oxygen atoms in total. The zero-order chi connectivity index (χ0) is 13.7. The van der Waals surface area contributed by atoms with Crippen LogP contribution >= 0.6 is 12.4 Å². The number of nitrogens with one attached hydrogen (secondary N) is 1. The Hall–Kier alpha value is -1.59. The molecule has 0 radical (unpaired) electrons. The zero-order valence-corrected chi connectivity index (χ0v) is 11.9. The predicted molar refractivity (Wildman–Crippen MR) is 78.5 cm³/mol. The molecular weight excluding hydrogens is 266 g/mol. The average molecular weight is 286 g/mol. The van der Waals surface area contributed by atoms with Gasteiger partial charge in [-0.15, -0.1) is 12.4 Å². The van der Waals surface area contributed by atoms with Crippen LogP contribution in [0, 0.1) is 6.92 Å². The van der Waals surface area contributed by atoms with Crippen LogP contribution in [0.2, 0.25) is 0 Å². The Morgan fingerprint density at radius 1 is 1.37 bits per heavy atom. The minimum Gasteiger partial charge on any atom is -0.366 e. The average Bonchev–Trinajstić information content (AvgIpc) is 2.28. The number of aryl methyl sites for hydroxylation is 1. The van der Waals surface area contributed by atoms with Gasteiger partial charge < -0.3 is 16.8 Å². The van der Waals surface area contributed by atoms with Crippen LogP contribution in [0.4, 0.5) is 5.69 Å². The summed E-state index contributed by atoms with van der Waals surface area (Å²) in [6.45, 7) is 3.64. The number of hydrogen-bond acceptors (Lipinski definition) is 3. The molecule has 0 bridgehead atoms. The maximum Gasteiger partial charge on any atom is 0.249 e. The third-order valence-electron chi connectivity index (χ3n) is 2.61. The topological polar surface area (TPSA) is 98.2 Å². The molecule has 0 spiro atoms. The lowest BCUT2D eigenvalue weighted by molar-refractivity contribution is -0.116. The van der Waals surface area contributed by atoms with Crippen molar-refractivity contribution in [2.75, 3.05) is 5.32 Å². The molecule has 0 aliphatic rings. The molecule has 0 fully saturated rings. The first-order valence-electron chi connectivity index (χ1n) is 5.86. The maximum absolute atomic E-state index is 11.6. The van der Waals surface area contributed by atoms with Gasteiger partial charge in [-0.25, -0.2) is 0 Å². The van der Waals surface area contributed by atoms with E-state index in [9.17, 15) is 9.59 Å². The van der Waals surface area contributed by atoms with Crippen molar-refractivity contribution in [3.05, 3.63) is 29.3 Å². The Bertz CT molecular complexity index is 461. The van der Waals surface area contributed by atoms with E-state index in [0.717, 1.165) is 5.56 Å². The Balaban J connectivity index is 0.00000324. The van der Waals surface area contributed by atoms with Crippen molar-refractivity contribution in [3.63, 3.8) is 0 Å². The number of hydrogen-bond donors (Lipinski definition) is 3. The van der Waals surface area contributed by atoms with Gasteiger partial charge in [0.25, 0.3) is 0 Å². The number of benzene rings is 1. The van der Waals surface area contributed by atoms with Crippen molar-refractivity contribution in [3.8, 4) is 0 Å². The fourth-order valence-electron chi connectivity index (χ4n) is 1.55. The summed E-state index contributed by atoms with van der Waals surface area (Å²) < 4.78 is 0. The molecule has 19 heavy (non-hydrogen) atoms. The van der Waals surface area contributed by atoms with E-state index in [4.69, 9.17) is 11.5 Å². The largest absolute Gasteiger partial charge is 0.366 e. The lowest BCUT2D eigenvalue weighted by Gasteiger charge is -2.09. The summed E-state index contributed by atoms with van der Waals surface area (Å²) in [4.78, 5) is 22.8. The second-order valence-electron chi connectivity index (χ2n) is 4.46. The van der Waals surface area contributed by atoms with Gasteiger partial charge in [-0.1, -0.05) is 6.07 Å². The number of anilines is 1. The molecule has 0 aromatic heterocycles. The summed E-state index contributed by atoms with van der Waals surface area (Å²) in [5.74, 6) is -0.620. The van der Waals surface area contributed by atoms with Crippen LogP contribution in [0.5, 0.6) is 0 Å². The molecule has 1 aromatic carbocycles. The van der Waals surface area contributed by atoms with Gasteiger partial charge >= 0.3 is 0 Å². The lowest BCUT2D eigenvalue weighted by atomic mass is 10.1. The SMILES string of the molecule is Cc1ccc(NC(=O)CCC(C)N)cc1C(N)=O.Cl. The fourth-order valence-corrected chi connectivity index (χ4v) is 1.55. The minimum absolute atomic E-state index is 0. The van der Waals surface area contributed by atoms with E-state index in [1.165, 1.54) is 0 Å². The quantitative estimate of drug-likeness (QED) is 0.766. The van der Waals surface area contributed by atoms with Gasteiger partial charge in [-0.2, -0.15) is 0 Å². The van der Waals surface area contributed by atoms with Crippen molar-refractivity contribution in [1.29, 1.82) is 0 Å². The molecule has 106 valence electrons. The van der Waals surface area contributed by atoms with Crippen molar-refractivity contribution < 1.29 is 9.59 Å². The predicted octanol–water partition coefficient (Wildman–Crippen LogP) is 1.58. The molecule has 0 aliphatic heterocycles. The summed E-state index contributed by atoms with van der Waals surface area (Å²) in [6, 6.07) is 5.07. The first kappa shape index (κ1) is 17.4. The number of nitrogens with two attached hydrogens (primary N) is 2. The third-order valence-corrected chi connectivity index (χ3v) is 2.61. The molecule has 0 aliphatic carbocycles. The van der Waals surface area contributed by atoms with Crippen molar-refractivity contribution >= 4 is 29.9 Å². The fraction of sp³-hybridized carbons (Fsp3) is 0.385. The number of carbonyl (C=O) groups is 2. The Kier molecular flexibility index (Phi) is 7.11. The summed E-state index contributed by atoms with van der Waals surface area (Å²) in [7, 11) is 0. The first-order valence-corrected chi connectivity index (χ1v) is 5.86. The van der Waals surface area contributed by atoms with Gasteiger partial charge in [-0.3, -0.25) is 9.59 Å². The molecular formula is C13H20ClN3O2. The highest BCUT2D eigenvalue weighted by molar-refractivity contribution is 5.97. The molecule has 1 aromatic rings. The van der Waals surface area contributed by atoms with E-state index in [0.29, 0.717) is 24.1 Å². The van der Waals surface area contributed by atoms with Crippen LogP contribution in [0.25, 0.3) is 0 Å². The second-order valence-corrected chi connectivity index (χ2v) is 4.46.